The monoisotopic (exact) mass is 528 g/mol. The summed E-state index contributed by atoms with van der Waals surface area (Å²) in [6, 6.07) is 34.6. The second kappa shape index (κ2) is 9.58. The normalized spacial score (nSPS) is 13.1. The van der Waals surface area contributed by atoms with Crippen LogP contribution in [0.5, 0.6) is 0 Å². The zero-order valence-corrected chi connectivity index (χ0v) is 21.9. The molecule has 0 saturated heterocycles. The topological polar surface area (TPSA) is 30.7 Å². The van der Waals surface area contributed by atoms with Crippen molar-refractivity contribution in [3.63, 3.8) is 0 Å². The average molecular weight is 529 g/mol. The standard InChI is InChI=1S/C38H25N3/c1-2-13-29(14-3-1)41-35-20-9-8-19-34(35)40-38(41)37-32-17-6-4-15-30(32)36(31-16-5-7-18-33(31)37)28-12-10-11-27(25-28)26-21-23-39-24-22-26/h1-25H/i1D,2D,3D,13D,14D. The molecule has 41 heavy (non-hydrogen) atoms. The van der Waals surface area contributed by atoms with E-state index in [9.17, 15) is 0 Å². The van der Waals surface area contributed by atoms with Crippen molar-refractivity contribution in [2.45, 2.75) is 0 Å². The van der Waals surface area contributed by atoms with Crippen LogP contribution in [0.3, 0.4) is 0 Å². The lowest BCUT2D eigenvalue weighted by Crippen LogP contribution is -1.99. The fraction of sp³-hybridized carbons (Fsp3) is 0. The summed E-state index contributed by atoms with van der Waals surface area (Å²) >= 11 is 0. The molecule has 8 aromatic rings. The van der Waals surface area contributed by atoms with Crippen molar-refractivity contribution in [3.8, 4) is 39.3 Å². The first-order chi connectivity index (χ1) is 22.4. The van der Waals surface area contributed by atoms with Gasteiger partial charge >= 0.3 is 0 Å². The van der Waals surface area contributed by atoms with E-state index in [0.717, 1.165) is 49.4 Å². The van der Waals surface area contributed by atoms with Gasteiger partial charge in [-0.1, -0.05) is 97.0 Å². The minimum Gasteiger partial charge on any atom is -0.292 e. The summed E-state index contributed by atoms with van der Waals surface area (Å²) in [5.74, 6) is 0.504. The van der Waals surface area contributed by atoms with E-state index in [-0.39, 0.29) is 29.9 Å². The van der Waals surface area contributed by atoms with Gasteiger partial charge in [-0.15, -0.1) is 0 Å². The zero-order chi connectivity index (χ0) is 31.5. The van der Waals surface area contributed by atoms with E-state index in [1.54, 1.807) is 17.0 Å². The maximum absolute atomic E-state index is 8.88. The first-order valence-electron chi connectivity index (χ1n) is 15.9. The van der Waals surface area contributed by atoms with Crippen LogP contribution in [0.1, 0.15) is 6.85 Å². The molecule has 6 aromatic carbocycles. The first kappa shape index (κ1) is 18.7. The summed E-state index contributed by atoms with van der Waals surface area (Å²) in [6.07, 6.45) is 3.59. The summed E-state index contributed by atoms with van der Waals surface area (Å²) in [5.41, 5.74) is 6.50. The van der Waals surface area contributed by atoms with E-state index < -0.39 is 6.04 Å². The van der Waals surface area contributed by atoms with Crippen LogP contribution in [0.15, 0.2) is 152 Å². The van der Waals surface area contributed by atoms with Gasteiger partial charge < -0.3 is 0 Å². The van der Waals surface area contributed by atoms with Gasteiger partial charge in [-0.25, -0.2) is 4.98 Å². The van der Waals surface area contributed by atoms with Gasteiger partial charge in [0, 0.05) is 23.6 Å². The van der Waals surface area contributed by atoms with Gasteiger partial charge in [0.2, 0.25) is 0 Å². The fourth-order valence-electron chi connectivity index (χ4n) is 5.85. The van der Waals surface area contributed by atoms with Gasteiger partial charge in [0.05, 0.1) is 17.9 Å². The second-order valence-corrected chi connectivity index (χ2v) is 9.89. The molecule has 0 saturated carbocycles. The van der Waals surface area contributed by atoms with Crippen LogP contribution in [-0.4, -0.2) is 14.5 Å². The quantitative estimate of drug-likeness (QED) is 0.213. The molecule has 8 rings (SSSR count). The van der Waals surface area contributed by atoms with Gasteiger partial charge in [0.15, 0.2) is 0 Å². The number of para-hydroxylation sites is 3. The Bertz CT molecular complexity index is 2400. The highest BCUT2D eigenvalue weighted by Gasteiger charge is 2.22. The van der Waals surface area contributed by atoms with Crippen LogP contribution in [0.2, 0.25) is 0 Å². The Morgan fingerprint density at radius 1 is 0.537 bits per heavy atom. The van der Waals surface area contributed by atoms with Gasteiger partial charge in [-0.2, -0.15) is 0 Å². The Balaban J connectivity index is 1.51. The number of rotatable bonds is 4. The fourth-order valence-corrected chi connectivity index (χ4v) is 5.85. The predicted molar refractivity (Wildman–Crippen MR) is 170 cm³/mol. The summed E-state index contributed by atoms with van der Waals surface area (Å²) in [7, 11) is 0. The van der Waals surface area contributed by atoms with Gasteiger partial charge in [-0.05, 0) is 86.2 Å². The van der Waals surface area contributed by atoms with Crippen LogP contribution in [0.4, 0.5) is 0 Å². The lowest BCUT2D eigenvalue weighted by Gasteiger charge is -2.18. The van der Waals surface area contributed by atoms with E-state index in [1.165, 1.54) is 0 Å². The van der Waals surface area contributed by atoms with Crippen LogP contribution in [0.25, 0.3) is 71.9 Å². The van der Waals surface area contributed by atoms with Crippen molar-refractivity contribution in [2.75, 3.05) is 0 Å². The predicted octanol–water partition coefficient (Wildman–Crippen LogP) is 9.73. The molecule has 0 radical (unpaired) electrons. The minimum atomic E-state index is -0.432. The Morgan fingerprint density at radius 3 is 1.85 bits per heavy atom. The van der Waals surface area contributed by atoms with Gasteiger partial charge in [0.25, 0.3) is 0 Å². The Labute approximate surface area is 245 Å². The number of pyridine rings is 1. The molecule has 0 unspecified atom stereocenters. The molecule has 0 aliphatic heterocycles. The van der Waals surface area contributed by atoms with Crippen LogP contribution in [0, 0.1) is 0 Å². The van der Waals surface area contributed by atoms with Crippen molar-refractivity contribution in [2.24, 2.45) is 0 Å². The molecule has 0 bridgehead atoms. The van der Waals surface area contributed by atoms with Crippen molar-refractivity contribution in [3.05, 3.63) is 152 Å². The third kappa shape index (κ3) is 3.82. The molecule has 192 valence electrons. The number of fused-ring (bicyclic) bond motifs is 3. The molecule has 2 heterocycles. The zero-order valence-electron chi connectivity index (χ0n) is 26.9. The molecule has 2 aromatic heterocycles. The highest BCUT2D eigenvalue weighted by atomic mass is 15.1. The molecule has 0 spiro atoms. The molecule has 0 aliphatic carbocycles. The lowest BCUT2D eigenvalue weighted by molar-refractivity contribution is 1.11. The highest BCUT2D eigenvalue weighted by molar-refractivity contribution is 6.21. The lowest BCUT2D eigenvalue weighted by atomic mass is 9.87. The highest BCUT2D eigenvalue weighted by Crippen LogP contribution is 2.45. The third-order valence-electron chi connectivity index (χ3n) is 7.59. The third-order valence-corrected chi connectivity index (χ3v) is 7.59. The Morgan fingerprint density at radius 2 is 1.15 bits per heavy atom. The van der Waals surface area contributed by atoms with Crippen LogP contribution < -0.4 is 0 Å². The van der Waals surface area contributed by atoms with Gasteiger partial charge in [-0.3, -0.25) is 9.55 Å². The number of nitrogens with zero attached hydrogens (tertiary/aromatic N) is 3. The largest absolute Gasteiger partial charge is 0.292 e. The van der Waals surface area contributed by atoms with E-state index >= 15 is 0 Å². The second-order valence-electron chi connectivity index (χ2n) is 9.89. The SMILES string of the molecule is [2H]c1c([2H])c([2H])c(-n2c(-c3c4ccccc4c(-c4cccc(-c5ccncc5)c4)c4ccccc34)nc3ccccc32)c([2H])c1[2H]. The Hall–Kier alpha value is -5.54. The molecule has 0 atom stereocenters. The van der Waals surface area contributed by atoms with Gasteiger partial charge in [0.1, 0.15) is 5.82 Å². The first-order valence-corrected chi connectivity index (χ1v) is 13.4. The average Bonchev–Trinajstić information content (AvgIpc) is 3.48. The molecular weight excluding hydrogens is 498 g/mol. The number of benzene rings is 6. The minimum absolute atomic E-state index is 0.0667. The smallest absolute Gasteiger partial charge is 0.146 e. The summed E-state index contributed by atoms with van der Waals surface area (Å²) in [4.78, 5) is 9.28. The van der Waals surface area contributed by atoms with Crippen molar-refractivity contribution in [1.29, 1.82) is 0 Å². The van der Waals surface area contributed by atoms with Crippen molar-refractivity contribution < 1.29 is 6.85 Å². The number of imidazole rings is 1. The summed E-state index contributed by atoms with van der Waals surface area (Å²) < 4.78 is 44.6. The molecule has 0 amide bonds. The summed E-state index contributed by atoms with van der Waals surface area (Å²) in [5, 5.41) is 3.91. The van der Waals surface area contributed by atoms with E-state index in [0.29, 0.717) is 16.9 Å². The van der Waals surface area contributed by atoms with E-state index in [1.807, 2.05) is 60.7 Å². The molecule has 0 fully saturated rings. The van der Waals surface area contributed by atoms with Crippen molar-refractivity contribution in [1.82, 2.24) is 14.5 Å². The molecule has 3 heteroatoms. The molecular formula is C38H25N3. The maximum atomic E-state index is 8.88. The molecule has 3 nitrogen and oxygen atoms in total. The van der Waals surface area contributed by atoms with Crippen LogP contribution in [-0.2, 0) is 0 Å². The molecule has 0 aliphatic rings. The van der Waals surface area contributed by atoms with Crippen molar-refractivity contribution >= 4 is 32.6 Å². The van der Waals surface area contributed by atoms with E-state index in [4.69, 9.17) is 11.8 Å². The number of hydrogen-bond acceptors (Lipinski definition) is 2. The van der Waals surface area contributed by atoms with E-state index in [2.05, 4.69) is 53.5 Å². The molecule has 0 N–H and O–H groups in total. The van der Waals surface area contributed by atoms with Crippen LogP contribution >= 0.6 is 0 Å². The Kier molecular flexibility index (Phi) is 4.37. The number of hydrogen-bond donors (Lipinski definition) is 0. The maximum Gasteiger partial charge on any atom is 0.146 e. The summed E-state index contributed by atoms with van der Waals surface area (Å²) in [6.45, 7) is 0. The number of aromatic nitrogens is 3.